The predicted molar refractivity (Wildman–Crippen MR) is 257 cm³/mol. The van der Waals surface area contributed by atoms with Gasteiger partial charge in [0.1, 0.15) is 0 Å². The summed E-state index contributed by atoms with van der Waals surface area (Å²) < 4.78 is 1.46. The summed E-state index contributed by atoms with van der Waals surface area (Å²) in [7, 11) is 0. The zero-order valence-corrected chi connectivity index (χ0v) is 44.3. The van der Waals surface area contributed by atoms with Crippen LogP contribution < -0.4 is 24.8 Å². The van der Waals surface area contributed by atoms with Crippen molar-refractivity contribution < 1.29 is 49.0 Å². The molecule has 0 fully saturated rings. The van der Waals surface area contributed by atoms with Crippen molar-refractivity contribution >= 4 is 3.21 Å². The zero-order valence-electron chi connectivity index (χ0n) is 40.3. The van der Waals surface area contributed by atoms with Gasteiger partial charge in [0.15, 0.2) is 0 Å². The number of fused-ring (bicyclic) bond motifs is 3. The Balaban J connectivity index is 0.000000370. The van der Waals surface area contributed by atoms with Gasteiger partial charge in [0.25, 0.3) is 0 Å². The molecule has 322 valence electrons. The van der Waals surface area contributed by atoms with Crippen molar-refractivity contribution in [2.45, 2.75) is 147 Å². The van der Waals surface area contributed by atoms with Crippen molar-refractivity contribution in [3.63, 3.8) is 0 Å². The van der Waals surface area contributed by atoms with E-state index in [1.807, 2.05) is 6.07 Å². The van der Waals surface area contributed by atoms with Crippen LogP contribution in [0.15, 0.2) is 91.0 Å². The van der Waals surface area contributed by atoms with E-state index in [0.29, 0.717) is 5.41 Å². The van der Waals surface area contributed by atoms with Gasteiger partial charge < -0.3 is 24.8 Å². The molecule has 0 bridgehead atoms. The molecule has 0 spiro atoms. The van der Waals surface area contributed by atoms with Gasteiger partial charge in [-0.1, -0.05) is 156 Å². The first-order chi connectivity index (χ1) is 27.4. The maximum atomic E-state index is 4.01. The molecule has 0 aliphatic heterocycles. The monoisotopic (exact) mass is 926 g/mol. The molecule has 0 unspecified atom stereocenters. The fourth-order valence-electron chi connectivity index (χ4n) is 8.86. The second-order valence-corrected chi connectivity index (χ2v) is 22.2. The Hall–Kier alpha value is -3.22. The fourth-order valence-corrected chi connectivity index (χ4v) is 9.27. The minimum absolute atomic E-state index is 0. The molecule has 61 heavy (non-hydrogen) atoms. The van der Waals surface area contributed by atoms with Crippen LogP contribution in [0, 0.1) is 47.6 Å². The molecule has 0 atom stereocenters. The average Bonchev–Trinajstić information content (AvgIpc) is 3.75. The number of rotatable bonds is 4. The summed E-state index contributed by atoms with van der Waals surface area (Å²) in [6.45, 7) is 38.6. The van der Waals surface area contributed by atoms with Crippen LogP contribution in [-0.2, 0) is 53.3 Å². The van der Waals surface area contributed by atoms with Gasteiger partial charge in [0.2, 0.25) is 0 Å². The third-order valence-corrected chi connectivity index (χ3v) is 12.6. The van der Waals surface area contributed by atoms with Crippen molar-refractivity contribution in [2.75, 3.05) is 0 Å². The molecule has 3 heteroatoms. The molecular formula is C58H70Cl2Zr-2. The van der Waals surface area contributed by atoms with Crippen LogP contribution in [0.5, 0.6) is 0 Å². The van der Waals surface area contributed by atoms with E-state index in [4.69, 9.17) is 0 Å². The summed E-state index contributed by atoms with van der Waals surface area (Å²) in [6.07, 6.45) is 2.09. The van der Waals surface area contributed by atoms with Gasteiger partial charge >= 0.3 is 70.3 Å². The maximum Gasteiger partial charge on any atom is -0.0122 e. The number of halogens is 2. The Morgan fingerprint density at radius 2 is 1.10 bits per heavy atom. The molecule has 0 N–H and O–H groups in total. The van der Waals surface area contributed by atoms with Gasteiger partial charge in [-0.15, -0.1) is 28.8 Å². The first kappa shape index (κ1) is 52.1. The quantitative estimate of drug-likeness (QED) is 0.154. The van der Waals surface area contributed by atoms with E-state index in [9.17, 15) is 0 Å². The normalized spacial score (nSPS) is 11.9. The van der Waals surface area contributed by atoms with Gasteiger partial charge in [0, 0.05) is 0 Å². The first-order valence-electron chi connectivity index (χ1n) is 21.7. The Labute approximate surface area is 398 Å². The number of benzene rings is 5. The molecule has 1 aliphatic carbocycles. The van der Waals surface area contributed by atoms with Crippen LogP contribution in [-0.4, -0.2) is 3.21 Å². The molecule has 0 aromatic heterocycles. The molecule has 0 saturated heterocycles. The zero-order chi connectivity index (χ0) is 43.8. The summed E-state index contributed by atoms with van der Waals surface area (Å²) in [5, 5.41) is 0. The van der Waals surface area contributed by atoms with E-state index in [-0.39, 0.29) is 35.6 Å². The molecule has 0 radical (unpaired) electrons. The van der Waals surface area contributed by atoms with Gasteiger partial charge in [0.05, 0.1) is 0 Å². The summed E-state index contributed by atoms with van der Waals surface area (Å²) in [5.74, 6) is 0. The molecule has 7 rings (SSSR count). The molecule has 0 saturated carbocycles. The van der Waals surface area contributed by atoms with Crippen molar-refractivity contribution in [3.8, 4) is 33.4 Å². The standard InChI is InChI=1S/C39H45.C11H17.C8H8.2ClH.Zr/c1-22-13-24(3)36(25(4)14-22)32-18-28-17-29-19-33(37-26(5)15-23(2)16-27(37)6)35(39(10,11)12)21-31(29)30(28)20-34(32)38(7,8)9;1-5-9-6-7-10(8-9)11(2,3)4;1-2-8-6-4-3-5-7-8;;;/h13-16,18,20-21H,17H2,1-12H3;6-8H,5H2,1-4H3;3-7H,1H3;2*1H;/q2*-1;;;;+2/p-2. The van der Waals surface area contributed by atoms with Gasteiger partial charge in [-0.25, -0.2) is 6.07 Å². The Morgan fingerprint density at radius 1 is 0.607 bits per heavy atom. The molecule has 0 amide bonds. The second-order valence-electron chi connectivity index (χ2n) is 20.3. The topological polar surface area (TPSA) is 0 Å². The molecular weight excluding hydrogens is 859 g/mol. The summed E-state index contributed by atoms with van der Waals surface area (Å²) in [6, 6.07) is 38.1. The van der Waals surface area contributed by atoms with Crippen molar-refractivity contribution in [1.29, 1.82) is 0 Å². The van der Waals surface area contributed by atoms with Crippen molar-refractivity contribution in [3.05, 3.63) is 169 Å². The molecule has 6 aromatic rings. The summed E-state index contributed by atoms with van der Waals surface area (Å²) in [5.41, 5.74) is 26.5. The largest absolute Gasteiger partial charge is 1.00 e. The van der Waals surface area contributed by atoms with Crippen LogP contribution in [0.25, 0.3) is 33.4 Å². The molecule has 0 nitrogen and oxygen atoms in total. The van der Waals surface area contributed by atoms with E-state index in [1.165, 1.54) is 133 Å². The van der Waals surface area contributed by atoms with E-state index >= 15 is 0 Å². The Kier molecular flexibility index (Phi) is 17.5. The Bertz CT molecular complexity index is 2300. The summed E-state index contributed by atoms with van der Waals surface area (Å²) >= 11 is 1.51. The average molecular weight is 929 g/mol. The van der Waals surface area contributed by atoms with Gasteiger partial charge in [-0.05, 0) is 92.2 Å². The molecule has 0 heterocycles. The van der Waals surface area contributed by atoms with Crippen molar-refractivity contribution in [1.82, 2.24) is 0 Å². The minimum Gasteiger partial charge on any atom is -1.00 e. The predicted octanol–water partition coefficient (Wildman–Crippen LogP) is 9.88. The van der Waals surface area contributed by atoms with Gasteiger partial charge in [-0.2, -0.15) is 23.3 Å². The number of hydrogen-bond donors (Lipinski definition) is 0. The first-order valence-corrected chi connectivity index (χ1v) is 22.9. The van der Waals surface area contributed by atoms with E-state index in [1.54, 1.807) is 0 Å². The fraction of sp³-hybridized carbons (Fsp3) is 0.379. The van der Waals surface area contributed by atoms with E-state index in [2.05, 4.69) is 209 Å². The van der Waals surface area contributed by atoms with E-state index < -0.39 is 0 Å². The number of hydrogen-bond acceptors (Lipinski definition) is 0. The van der Waals surface area contributed by atoms with Crippen LogP contribution >= 0.6 is 0 Å². The Morgan fingerprint density at radius 3 is 1.51 bits per heavy atom. The van der Waals surface area contributed by atoms with Crippen LogP contribution in [0.4, 0.5) is 0 Å². The third-order valence-electron chi connectivity index (χ3n) is 11.8. The maximum absolute atomic E-state index is 4.01. The number of aryl methyl sites for hydroxylation is 7. The summed E-state index contributed by atoms with van der Waals surface area (Å²) in [4.78, 5) is 0. The van der Waals surface area contributed by atoms with Crippen LogP contribution in [0.1, 0.15) is 148 Å². The van der Waals surface area contributed by atoms with Crippen molar-refractivity contribution in [2.24, 2.45) is 0 Å². The SMILES string of the molecule is CCc1cc(C(C)(C)C)c[cH-]1.C[C](=[Zr+2])c1ccccc1.Cc1cc(C)c(-c2[c-]c3c(cc2C(C)(C)C)-c2cc(C(C)(C)C)c(-c4c(C)cc(C)cc4C)cc2C3)c(C)c1.[Cl-].[Cl-]. The van der Waals surface area contributed by atoms with Gasteiger partial charge in [-0.3, -0.25) is 0 Å². The van der Waals surface area contributed by atoms with Crippen LogP contribution in [0.2, 0.25) is 0 Å². The van der Waals surface area contributed by atoms with E-state index in [0.717, 1.165) is 12.8 Å². The second kappa shape index (κ2) is 20.5. The third kappa shape index (κ3) is 12.3. The smallest absolute Gasteiger partial charge is 0.0122 e. The minimum atomic E-state index is 0. The molecule has 6 aromatic carbocycles. The van der Waals surface area contributed by atoms with Crippen LogP contribution in [0.3, 0.4) is 0 Å². The molecule has 1 aliphatic rings.